The number of methoxy groups -OCH3 is 1. The van der Waals surface area contributed by atoms with Gasteiger partial charge in [0.05, 0.1) is 13.4 Å². The predicted molar refractivity (Wildman–Crippen MR) is 80.0 cm³/mol. The number of hydrogen-bond acceptors (Lipinski definition) is 5. The second kappa shape index (κ2) is 7.82. The molecule has 0 aliphatic heterocycles. The number of aromatic nitrogens is 2. The normalized spacial score (nSPS) is 10.0. The molecular weight excluding hydrogens is 286 g/mol. The van der Waals surface area contributed by atoms with Crippen LogP contribution in [0.5, 0.6) is 11.5 Å². The molecule has 116 valence electrons. The number of carbonyl (C=O) groups excluding carboxylic acids is 1. The van der Waals surface area contributed by atoms with E-state index in [1.165, 1.54) is 23.2 Å². The first-order valence-electron chi connectivity index (χ1n) is 6.73. The number of benzene rings is 1. The van der Waals surface area contributed by atoms with Crippen molar-refractivity contribution in [2.45, 2.75) is 6.54 Å². The van der Waals surface area contributed by atoms with E-state index in [2.05, 4.69) is 10.3 Å². The molecule has 2 rings (SSSR count). The zero-order valence-electron chi connectivity index (χ0n) is 12.2. The molecule has 0 aliphatic rings. The number of rotatable bonds is 7. The van der Waals surface area contributed by atoms with E-state index in [-0.39, 0.29) is 18.1 Å². The minimum absolute atomic E-state index is 0.102. The Morgan fingerprint density at radius 2 is 2.14 bits per heavy atom. The van der Waals surface area contributed by atoms with Crippen molar-refractivity contribution in [1.82, 2.24) is 14.9 Å². The van der Waals surface area contributed by atoms with Crippen LogP contribution >= 0.6 is 0 Å². The number of ether oxygens (including phenoxy) is 2. The topological polar surface area (TPSA) is 82.4 Å². The molecule has 1 N–H and O–H groups in total. The van der Waals surface area contributed by atoms with Gasteiger partial charge in [0.15, 0.2) is 6.61 Å². The molecular formula is C15H17N3O4. The number of carbonyl (C=O) groups is 1. The molecule has 0 atom stereocenters. The summed E-state index contributed by atoms with van der Waals surface area (Å²) in [4.78, 5) is 27.0. The summed E-state index contributed by atoms with van der Waals surface area (Å²) in [6, 6.07) is 8.38. The standard InChI is InChI=1S/C15H17N3O4/c1-21-12-3-2-4-13(9-12)22-10-14(19)17-7-8-18-11-16-6-5-15(18)20/h2-6,9,11H,7-8,10H2,1H3,(H,17,19). The van der Waals surface area contributed by atoms with Gasteiger partial charge in [-0.25, -0.2) is 4.98 Å². The van der Waals surface area contributed by atoms with Crippen molar-refractivity contribution in [1.29, 1.82) is 0 Å². The largest absolute Gasteiger partial charge is 0.497 e. The van der Waals surface area contributed by atoms with Crippen molar-refractivity contribution in [3.8, 4) is 11.5 Å². The first-order valence-corrected chi connectivity index (χ1v) is 6.73. The molecule has 0 spiro atoms. The van der Waals surface area contributed by atoms with Gasteiger partial charge in [-0.2, -0.15) is 0 Å². The molecule has 1 aromatic heterocycles. The van der Waals surface area contributed by atoms with Crippen LogP contribution in [0, 0.1) is 0 Å². The summed E-state index contributed by atoms with van der Waals surface area (Å²) in [6.07, 6.45) is 2.86. The van der Waals surface area contributed by atoms with Gasteiger partial charge in [0, 0.05) is 31.4 Å². The predicted octanol–water partition coefficient (Wildman–Crippen LogP) is 0.447. The second-order valence-electron chi connectivity index (χ2n) is 4.43. The van der Waals surface area contributed by atoms with E-state index in [1.54, 1.807) is 31.4 Å². The van der Waals surface area contributed by atoms with Crippen molar-refractivity contribution < 1.29 is 14.3 Å². The highest BCUT2D eigenvalue weighted by atomic mass is 16.5. The van der Waals surface area contributed by atoms with E-state index >= 15 is 0 Å². The van der Waals surface area contributed by atoms with Crippen molar-refractivity contribution in [3.63, 3.8) is 0 Å². The van der Waals surface area contributed by atoms with Crippen LogP contribution in [-0.4, -0.2) is 35.7 Å². The molecule has 0 unspecified atom stereocenters. The first kappa shape index (κ1) is 15.6. The lowest BCUT2D eigenvalue weighted by molar-refractivity contribution is -0.123. The number of nitrogens with zero attached hydrogens (tertiary/aromatic N) is 2. The smallest absolute Gasteiger partial charge is 0.258 e. The van der Waals surface area contributed by atoms with E-state index in [0.717, 1.165) is 0 Å². The van der Waals surface area contributed by atoms with Gasteiger partial charge in [-0.15, -0.1) is 0 Å². The molecule has 1 amide bonds. The average molecular weight is 303 g/mol. The maximum atomic E-state index is 11.7. The number of hydrogen-bond donors (Lipinski definition) is 1. The Morgan fingerprint density at radius 3 is 2.91 bits per heavy atom. The van der Waals surface area contributed by atoms with Gasteiger partial charge < -0.3 is 14.8 Å². The van der Waals surface area contributed by atoms with Gasteiger partial charge >= 0.3 is 0 Å². The minimum Gasteiger partial charge on any atom is -0.497 e. The maximum absolute atomic E-state index is 11.7. The Kier molecular flexibility index (Phi) is 5.53. The third-order valence-electron chi connectivity index (χ3n) is 2.88. The third kappa shape index (κ3) is 4.62. The SMILES string of the molecule is COc1cccc(OCC(=O)NCCn2cnccc2=O)c1. The summed E-state index contributed by atoms with van der Waals surface area (Å²) < 4.78 is 11.9. The molecule has 0 fully saturated rings. The summed E-state index contributed by atoms with van der Waals surface area (Å²) in [5.74, 6) is 0.951. The molecule has 0 aliphatic carbocycles. The molecule has 0 saturated heterocycles. The Labute approximate surface area is 127 Å². The zero-order valence-corrected chi connectivity index (χ0v) is 12.2. The fraction of sp³-hybridized carbons (Fsp3) is 0.267. The van der Waals surface area contributed by atoms with E-state index in [9.17, 15) is 9.59 Å². The van der Waals surface area contributed by atoms with Gasteiger partial charge in [0.1, 0.15) is 11.5 Å². The van der Waals surface area contributed by atoms with Crippen LogP contribution in [-0.2, 0) is 11.3 Å². The van der Waals surface area contributed by atoms with Crippen LogP contribution < -0.4 is 20.3 Å². The Morgan fingerprint density at radius 1 is 1.32 bits per heavy atom. The first-order chi connectivity index (χ1) is 10.7. The van der Waals surface area contributed by atoms with Crippen LogP contribution in [0.1, 0.15) is 0 Å². The van der Waals surface area contributed by atoms with E-state index in [4.69, 9.17) is 9.47 Å². The van der Waals surface area contributed by atoms with E-state index < -0.39 is 0 Å². The summed E-state index contributed by atoms with van der Waals surface area (Å²) in [5, 5.41) is 2.67. The number of nitrogens with one attached hydrogen (secondary N) is 1. The van der Waals surface area contributed by atoms with E-state index in [0.29, 0.717) is 24.6 Å². The fourth-order valence-corrected chi connectivity index (χ4v) is 1.75. The molecule has 0 radical (unpaired) electrons. The Bertz CT molecular complexity index is 684. The van der Waals surface area contributed by atoms with Crippen LogP contribution in [0.15, 0.2) is 47.7 Å². The lowest BCUT2D eigenvalue weighted by Crippen LogP contribution is -2.33. The van der Waals surface area contributed by atoms with Crippen molar-refractivity contribution >= 4 is 5.91 Å². The Hall–Kier alpha value is -2.83. The molecule has 0 saturated carbocycles. The highest BCUT2D eigenvalue weighted by Gasteiger charge is 2.03. The molecule has 1 aromatic carbocycles. The van der Waals surface area contributed by atoms with E-state index in [1.807, 2.05) is 0 Å². The molecule has 0 bridgehead atoms. The lowest BCUT2D eigenvalue weighted by Gasteiger charge is -2.09. The highest BCUT2D eigenvalue weighted by Crippen LogP contribution is 2.18. The monoisotopic (exact) mass is 303 g/mol. The molecule has 7 nitrogen and oxygen atoms in total. The van der Waals surface area contributed by atoms with Gasteiger partial charge in [-0.3, -0.25) is 14.2 Å². The van der Waals surface area contributed by atoms with Crippen molar-refractivity contribution in [2.75, 3.05) is 20.3 Å². The molecule has 7 heteroatoms. The second-order valence-corrected chi connectivity index (χ2v) is 4.43. The highest BCUT2D eigenvalue weighted by molar-refractivity contribution is 5.77. The fourth-order valence-electron chi connectivity index (χ4n) is 1.75. The van der Waals surface area contributed by atoms with Crippen LogP contribution in [0.4, 0.5) is 0 Å². The quantitative estimate of drug-likeness (QED) is 0.803. The molecule has 2 aromatic rings. The third-order valence-corrected chi connectivity index (χ3v) is 2.88. The Balaban J connectivity index is 1.74. The lowest BCUT2D eigenvalue weighted by atomic mass is 10.3. The summed E-state index contributed by atoms with van der Waals surface area (Å²) >= 11 is 0. The summed E-state index contributed by atoms with van der Waals surface area (Å²) in [6.45, 7) is 0.582. The van der Waals surface area contributed by atoms with Gasteiger partial charge in [0.2, 0.25) is 0 Å². The summed E-state index contributed by atoms with van der Waals surface area (Å²) in [5.41, 5.74) is -0.156. The average Bonchev–Trinajstić information content (AvgIpc) is 2.55. The van der Waals surface area contributed by atoms with Gasteiger partial charge in [0.25, 0.3) is 11.5 Å². The van der Waals surface area contributed by atoms with Gasteiger partial charge in [-0.1, -0.05) is 6.07 Å². The van der Waals surface area contributed by atoms with Crippen LogP contribution in [0.3, 0.4) is 0 Å². The summed E-state index contributed by atoms with van der Waals surface area (Å²) in [7, 11) is 1.56. The van der Waals surface area contributed by atoms with Crippen LogP contribution in [0.2, 0.25) is 0 Å². The van der Waals surface area contributed by atoms with Gasteiger partial charge in [-0.05, 0) is 12.1 Å². The van der Waals surface area contributed by atoms with Crippen LogP contribution in [0.25, 0.3) is 0 Å². The molecule has 1 heterocycles. The minimum atomic E-state index is -0.264. The number of amides is 1. The molecule has 22 heavy (non-hydrogen) atoms. The zero-order chi connectivity index (χ0) is 15.8. The van der Waals surface area contributed by atoms with Crippen molar-refractivity contribution in [3.05, 3.63) is 53.2 Å². The maximum Gasteiger partial charge on any atom is 0.258 e. The van der Waals surface area contributed by atoms with Crippen molar-refractivity contribution in [2.24, 2.45) is 0 Å².